The van der Waals surface area contributed by atoms with Gasteiger partial charge in [-0.15, -0.1) is 0 Å². The van der Waals surface area contributed by atoms with E-state index < -0.39 is 84.8 Å². The van der Waals surface area contributed by atoms with Gasteiger partial charge in [-0.25, -0.2) is 0 Å². The molecule has 0 aromatic carbocycles. The number of amides is 4. The van der Waals surface area contributed by atoms with Crippen molar-refractivity contribution < 1.29 is 91.6 Å². The summed E-state index contributed by atoms with van der Waals surface area (Å²) in [4.78, 5) is 92.3. The highest BCUT2D eigenvalue weighted by Gasteiger charge is 2.25. The van der Waals surface area contributed by atoms with Crippen molar-refractivity contribution in [2.75, 3.05) is 24.6 Å². The third-order valence-electron chi connectivity index (χ3n) is 4.68. The van der Waals surface area contributed by atoms with Crippen molar-refractivity contribution in [1.29, 1.82) is 0 Å². The van der Waals surface area contributed by atoms with E-state index in [4.69, 9.17) is 31.9 Å². The molecule has 0 aliphatic carbocycles. The van der Waals surface area contributed by atoms with E-state index in [0.717, 1.165) is 21.6 Å². The molecule has 0 bridgehead atoms. The second-order valence-corrected chi connectivity index (χ2v) is 10.6. The van der Waals surface area contributed by atoms with Crippen LogP contribution >= 0.6 is 21.6 Å². The number of hydrogen-bond acceptors (Lipinski definition) is 12. The van der Waals surface area contributed by atoms with E-state index in [0.29, 0.717) is 0 Å². The molecule has 0 aromatic rings. The first-order valence-electron chi connectivity index (χ1n) is 11.4. The molecule has 46 heavy (non-hydrogen) atoms. The van der Waals surface area contributed by atoms with Gasteiger partial charge >= 0.3 is 23.9 Å². The summed E-state index contributed by atoms with van der Waals surface area (Å²) in [6.45, 7) is -1.48. The number of nitrogens with two attached hydrogens (primary N) is 2. The highest BCUT2D eigenvalue weighted by Crippen LogP contribution is 2.23. The molecule has 0 fully saturated rings. The van der Waals surface area contributed by atoms with Crippen molar-refractivity contribution in [1.82, 2.24) is 21.3 Å². The number of carbonyl (C=O) groups excluding carboxylic acids is 4. The van der Waals surface area contributed by atoms with E-state index in [2.05, 4.69) is 21.3 Å². The van der Waals surface area contributed by atoms with Crippen LogP contribution in [0.4, 0.5) is 0 Å². The fourth-order valence-electron chi connectivity index (χ4n) is 2.52. The van der Waals surface area contributed by atoms with E-state index >= 15 is 0 Å². The average Bonchev–Trinajstić information content (AvgIpc) is 2.87. The lowest BCUT2D eigenvalue weighted by atomic mass is 10.1. The standard InChI is InChI=1S/C20H32N6O12S2.6H2O/c21-9(19(35)36)1-3-13(27)25-11(17(33)23-5-15(29)30)7-39-40-8-12(18(34)24-6-16(31)32)26-14(28)4-2-10(22)20(37)38;;;;;;/h9-12H,1-8,21-22H2,(H,23,33)(H,24,34)(H,25,27)(H,26,28)(H,29,30)(H,31,32)(H,35,36)(H,37,38);6*1H2/t9-,10-,11-,12?;;;;;;/m0....../s1. The maximum absolute atomic E-state index is 12.4. The molecule has 0 aromatic heterocycles. The summed E-state index contributed by atoms with van der Waals surface area (Å²) in [7, 11) is 1.89. The minimum absolute atomic E-state index is 0. The number of nitrogens with one attached hydrogen (secondary N) is 4. The fraction of sp³-hybridized carbons (Fsp3) is 0.600. The number of carbonyl (C=O) groups is 8. The Bertz CT molecular complexity index is 888. The molecule has 0 aliphatic rings. The summed E-state index contributed by atoms with van der Waals surface area (Å²) in [6, 6.07) is -5.16. The van der Waals surface area contributed by atoms with Crippen LogP contribution in [0, 0.1) is 0 Å². The van der Waals surface area contributed by atoms with E-state index in [1.54, 1.807) is 0 Å². The van der Waals surface area contributed by atoms with Gasteiger partial charge in [-0.2, -0.15) is 0 Å². The van der Waals surface area contributed by atoms with Crippen LogP contribution in [-0.2, 0) is 38.4 Å². The molecule has 0 spiro atoms. The van der Waals surface area contributed by atoms with E-state index in [1.807, 2.05) is 0 Å². The summed E-state index contributed by atoms with van der Waals surface area (Å²) >= 11 is 0. The van der Waals surface area contributed by atoms with E-state index in [1.165, 1.54) is 0 Å². The zero-order valence-electron chi connectivity index (χ0n) is 24.0. The Morgan fingerprint density at radius 3 is 1.07 bits per heavy atom. The molecule has 1 unspecified atom stereocenters. The van der Waals surface area contributed by atoms with Crippen LogP contribution in [0.2, 0.25) is 0 Å². The summed E-state index contributed by atoms with van der Waals surface area (Å²) in [5.41, 5.74) is 10.7. The van der Waals surface area contributed by atoms with E-state index in [9.17, 15) is 38.4 Å². The SMILES string of the molecule is N[C@@H](CCC(=O)NC(CSSC[C@H](NC(=O)CC[C@H](N)C(=O)O)C(=O)NCC(=O)O)C(=O)NCC(=O)O)C(=O)O.O.O.O.O.O.O. The smallest absolute Gasteiger partial charge is 0.322 e. The van der Waals surface area contributed by atoms with Gasteiger partial charge in [0.1, 0.15) is 37.3 Å². The summed E-state index contributed by atoms with van der Waals surface area (Å²) in [6.07, 6.45) is -1.12. The Hall–Kier alpha value is -3.86. The van der Waals surface area contributed by atoms with Gasteiger partial charge in [0.15, 0.2) is 0 Å². The van der Waals surface area contributed by atoms with Crippen LogP contribution in [0.25, 0.3) is 0 Å². The van der Waals surface area contributed by atoms with E-state index in [-0.39, 0.29) is 70.0 Å². The predicted octanol–water partition coefficient (Wildman–Crippen LogP) is -8.83. The molecule has 0 saturated carbocycles. The molecule has 4 amide bonds. The highest BCUT2D eigenvalue weighted by molar-refractivity contribution is 8.76. The van der Waals surface area contributed by atoms with Gasteiger partial charge in [0, 0.05) is 24.3 Å². The number of hydrogen-bond donors (Lipinski definition) is 10. The second kappa shape index (κ2) is 31.1. The normalized spacial score (nSPS) is 11.8. The first-order valence-corrected chi connectivity index (χ1v) is 13.9. The van der Waals surface area contributed by atoms with Gasteiger partial charge < -0.3 is 86.0 Å². The van der Waals surface area contributed by atoms with Crippen molar-refractivity contribution in [2.24, 2.45) is 11.5 Å². The zero-order valence-corrected chi connectivity index (χ0v) is 25.6. The monoisotopic (exact) mass is 720 g/mol. The molecule has 0 aliphatic heterocycles. The summed E-state index contributed by atoms with van der Waals surface area (Å²) in [5.74, 6) is -8.81. The third kappa shape index (κ3) is 27.7. The lowest BCUT2D eigenvalue weighted by molar-refractivity contribution is -0.140. The Morgan fingerprint density at radius 1 is 0.543 bits per heavy atom. The van der Waals surface area contributed by atoms with Crippen LogP contribution in [0.15, 0.2) is 0 Å². The third-order valence-corrected chi connectivity index (χ3v) is 7.11. The van der Waals surface area contributed by atoms with Crippen molar-refractivity contribution >= 4 is 69.1 Å². The van der Waals surface area contributed by atoms with Crippen LogP contribution in [0.3, 0.4) is 0 Å². The molecule has 26 heteroatoms. The highest BCUT2D eigenvalue weighted by atomic mass is 33.1. The quantitative estimate of drug-likeness (QED) is 0.0389. The van der Waals surface area contributed by atoms with Crippen LogP contribution in [-0.4, -0.2) is 150 Å². The Balaban J connectivity index is -0.000000507. The largest absolute Gasteiger partial charge is 0.480 e. The molecule has 4 atom stereocenters. The lowest BCUT2D eigenvalue weighted by Gasteiger charge is -2.20. The minimum Gasteiger partial charge on any atom is -0.480 e. The lowest BCUT2D eigenvalue weighted by Crippen LogP contribution is -2.50. The first kappa shape index (κ1) is 57.8. The number of carboxylic acid groups (broad SMARTS) is 4. The van der Waals surface area contributed by atoms with Gasteiger partial charge in [-0.05, 0) is 12.8 Å². The van der Waals surface area contributed by atoms with Crippen molar-refractivity contribution in [3.8, 4) is 0 Å². The predicted molar refractivity (Wildman–Crippen MR) is 161 cm³/mol. The Labute approximate surface area is 268 Å². The molecule has 24 N–H and O–H groups in total. The van der Waals surface area contributed by atoms with Crippen molar-refractivity contribution in [3.05, 3.63) is 0 Å². The zero-order chi connectivity index (χ0) is 30.8. The summed E-state index contributed by atoms with van der Waals surface area (Å²) < 4.78 is 0. The van der Waals surface area contributed by atoms with Gasteiger partial charge in [0.25, 0.3) is 0 Å². The maximum atomic E-state index is 12.4. The van der Waals surface area contributed by atoms with Crippen LogP contribution in [0.5, 0.6) is 0 Å². The maximum Gasteiger partial charge on any atom is 0.322 e. The number of carboxylic acids is 4. The molecule has 274 valence electrons. The van der Waals surface area contributed by atoms with Gasteiger partial charge in [-0.3, -0.25) is 38.4 Å². The minimum atomic E-state index is -1.34. The van der Waals surface area contributed by atoms with Crippen molar-refractivity contribution in [3.63, 3.8) is 0 Å². The molecule has 0 heterocycles. The molecule has 0 saturated heterocycles. The first-order chi connectivity index (χ1) is 18.6. The topological polar surface area (TPSA) is 507 Å². The van der Waals surface area contributed by atoms with Crippen LogP contribution in [0.1, 0.15) is 25.7 Å². The number of aliphatic carboxylic acids is 4. The molecular formula is C20H44N6O18S2. The molecule has 0 rings (SSSR count). The van der Waals surface area contributed by atoms with Gasteiger partial charge in [-0.1, -0.05) is 21.6 Å². The second-order valence-electron chi connectivity index (χ2n) is 8.00. The van der Waals surface area contributed by atoms with Crippen molar-refractivity contribution in [2.45, 2.75) is 49.9 Å². The van der Waals surface area contributed by atoms with Gasteiger partial charge in [0.05, 0.1) is 0 Å². The fourth-order valence-corrected chi connectivity index (χ4v) is 4.85. The summed E-state index contributed by atoms with van der Waals surface area (Å²) in [5, 5.41) is 44.1. The van der Waals surface area contributed by atoms with Gasteiger partial charge in [0.2, 0.25) is 23.6 Å². The molecular weight excluding hydrogens is 676 g/mol. The molecule has 0 radical (unpaired) electrons. The molecule has 24 nitrogen and oxygen atoms in total. The Morgan fingerprint density at radius 2 is 0.826 bits per heavy atom. The average molecular weight is 721 g/mol. The van der Waals surface area contributed by atoms with Crippen LogP contribution < -0.4 is 32.7 Å². The number of rotatable bonds is 21. The Kier molecular flexibility index (Phi) is 39.1.